The van der Waals surface area contributed by atoms with Crippen LogP contribution in [-0.2, 0) is 4.79 Å². The second-order valence-electron chi connectivity index (χ2n) is 4.91. The maximum absolute atomic E-state index is 11.9. The van der Waals surface area contributed by atoms with E-state index < -0.39 is 11.5 Å². The van der Waals surface area contributed by atoms with Gasteiger partial charge in [-0.3, -0.25) is 4.79 Å². The minimum absolute atomic E-state index is 0.234. The summed E-state index contributed by atoms with van der Waals surface area (Å²) >= 11 is 0. The van der Waals surface area contributed by atoms with Crippen molar-refractivity contribution in [1.82, 2.24) is 4.98 Å². The van der Waals surface area contributed by atoms with Crippen molar-refractivity contribution in [3.63, 3.8) is 0 Å². The number of hydrogen-bond donors (Lipinski definition) is 2. The van der Waals surface area contributed by atoms with E-state index in [9.17, 15) is 9.90 Å². The van der Waals surface area contributed by atoms with Crippen molar-refractivity contribution in [1.29, 1.82) is 0 Å². The van der Waals surface area contributed by atoms with Crippen molar-refractivity contribution in [2.24, 2.45) is 5.92 Å². The van der Waals surface area contributed by atoms with Crippen molar-refractivity contribution in [2.45, 2.75) is 32.8 Å². The second kappa shape index (κ2) is 5.82. The van der Waals surface area contributed by atoms with Crippen LogP contribution in [0.2, 0.25) is 0 Å². The Morgan fingerprint density at radius 3 is 2.83 bits per heavy atom. The van der Waals surface area contributed by atoms with Gasteiger partial charge in [-0.25, -0.2) is 4.98 Å². The van der Waals surface area contributed by atoms with Crippen molar-refractivity contribution in [3.05, 3.63) is 18.3 Å². The lowest BCUT2D eigenvalue weighted by Crippen LogP contribution is -2.41. The number of carbonyl (C=O) groups is 1. The summed E-state index contributed by atoms with van der Waals surface area (Å²) in [7, 11) is 1.50. The molecule has 2 N–H and O–H groups in total. The Bertz CT molecular complexity index is 416. The molecular weight excluding hydrogens is 232 g/mol. The number of pyridine rings is 1. The first-order valence-corrected chi connectivity index (χ1v) is 5.89. The number of aromatic nitrogens is 1. The molecule has 5 nitrogen and oxygen atoms in total. The van der Waals surface area contributed by atoms with Crippen LogP contribution in [0.1, 0.15) is 27.2 Å². The van der Waals surface area contributed by atoms with Gasteiger partial charge in [0.25, 0.3) is 5.91 Å². The van der Waals surface area contributed by atoms with Gasteiger partial charge in [0, 0.05) is 18.0 Å². The molecule has 1 atom stereocenters. The molecule has 0 bridgehead atoms. The summed E-state index contributed by atoms with van der Waals surface area (Å²) in [4.78, 5) is 15.9. The summed E-state index contributed by atoms with van der Waals surface area (Å²) in [5.74, 6) is 0.221. The zero-order chi connectivity index (χ0) is 13.8. The Balaban J connectivity index is 2.74. The highest BCUT2D eigenvalue weighted by atomic mass is 16.5. The smallest absolute Gasteiger partial charge is 0.256 e. The summed E-state index contributed by atoms with van der Waals surface area (Å²) in [6.07, 6.45) is 1.94. The molecule has 0 radical (unpaired) electrons. The number of anilines is 1. The van der Waals surface area contributed by atoms with Gasteiger partial charge in [-0.05, 0) is 25.3 Å². The lowest BCUT2D eigenvalue weighted by molar-refractivity contribution is -0.133. The van der Waals surface area contributed by atoms with Gasteiger partial charge in [0.15, 0.2) is 0 Å². The average molecular weight is 252 g/mol. The van der Waals surface area contributed by atoms with Crippen molar-refractivity contribution in [2.75, 3.05) is 12.4 Å². The molecule has 18 heavy (non-hydrogen) atoms. The molecule has 0 spiro atoms. The van der Waals surface area contributed by atoms with Gasteiger partial charge in [-0.15, -0.1) is 0 Å². The van der Waals surface area contributed by atoms with Crippen molar-refractivity contribution >= 4 is 11.6 Å². The normalized spacial score (nSPS) is 14.1. The summed E-state index contributed by atoms with van der Waals surface area (Å²) in [6, 6.07) is 3.25. The molecule has 1 unspecified atom stereocenters. The highest BCUT2D eigenvalue weighted by molar-refractivity contribution is 5.96. The maximum Gasteiger partial charge on any atom is 0.256 e. The fourth-order valence-electron chi connectivity index (χ4n) is 1.75. The van der Waals surface area contributed by atoms with Crippen LogP contribution in [0.15, 0.2) is 18.3 Å². The van der Waals surface area contributed by atoms with E-state index in [0.29, 0.717) is 18.0 Å². The van der Waals surface area contributed by atoms with Crippen LogP contribution in [0.5, 0.6) is 5.88 Å². The van der Waals surface area contributed by atoms with E-state index in [0.717, 1.165) is 0 Å². The Labute approximate surface area is 107 Å². The molecule has 1 heterocycles. The predicted molar refractivity (Wildman–Crippen MR) is 69.5 cm³/mol. The van der Waals surface area contributed by atoms with Gasteiger partial charge in [0.05, 0.1) is 7.11 Å². The van der Waals surface area contributed by atoms with Gasteiger partial charge in [-0.2, -0.15) is 0 Å². The third-order valence-corrected chi connectivity index (χ3v) is 2.50. The fourth-order valence-corrected chi connectivity index (χ4v) is 1.75. The molecule has 1 aromatic rings. The number of hydrogen-bond acceptors (Lipinski definition) is 4. The molecule has 0 saturated carbocycles. The number of amides is 1. The Morgan fingerprint density at radius 1 is 1.61 bits per heavy atom. The van der Waals surface area contributed by atoms with Crippen LogP contribution >= 0.6 is 0 Å². The highest BCUT2D eigenvalue weighted by Crippen LogP contribution is 2.20. The molecule has 1 amide bonds. The zero-order valence-corrected chi connectivity index (χ0v) is 11.2. The molecule has 0 aliphatic carbocycles. The molecule has 0 aliphatic rings. The maximum atomic E-state index is 11.9. The van der Waals surface area contributed by atoms with Gasteiger partial charge in [0.2, 0.25) is 5.88 Å². The third-order valence-electron chi connectivity index (χ3n) is 2.50. The Hall–Kier alpha value is -1.62. The number of nitrogens with one attached hydrogen (secondary N) is 1. The van der Waals surface area contributed by atoms with Crippen LogP contribution in [0.25, 0.3) is 0 Å². The molecule has 0 aromatic carbocycles. The molecule has 1 aromatic heterocycles. The second-order valence-corrected chi connectivity index (χ2v) is 4.91. The quantitative estimate of drug-likeness (QED) is 0.838. The zero-order valence-electron chi connectivity index (χ0n) is 11.2. The molecular formula is C13H20N2O3. The van der Waals surface area contributed by atoms with Gasteiger partial charge in [0.1, 0.15) is 5.60 Å². The third kappa shape index (κ3) is 4.00. The standard InChI is InChI=1S/C13H20N2O3/c1-9(2)8-13(3,17)12(16)15-10-5-6-14-11(7-10)18-4/h5-7,9,17H,8H2,1-4H3,(H,14,15,16). The first-order chi connectivity index (χ1) is 8.35. The molecule has 0 aliphatic heterocycles. The number of methoxy groups -OCH3 is 1. The minimum atomic E-state index is -1.38. The first kappa shape index (κ1) is 14.4. The monoisotopic (exact) mass is 252 g/mol. The summed E-state index contributed by atoms with van der Waals surface area (Å²) in [6.45, 7) is 5.43. The van der Waals surface area contributed by atoms with Gasteiger partial charge in [-0.1, -0.05) is 13.8 Å². The minimum Gasteiger partial charge on any atom is -0.481 e. The van der Waals surface area contributed by atoms with Crippen molar-refractivity contribution < 1.29 is 14.6 Å². The van der Waals surface area contributed by atoms with Crippen LogP contribution in [0, 0.1) is 5.92 Å². The van der Waals surface area contributed by atoms with Crippen LogP contribution in [0.4, 0.5) is 5.69 Å². The van der Waals surface area contributed by atoms with Crippen molar-refractivity contribution in [3.8, 4) is 5.88 Å². The number of ether oxygens (including phenoxy) is 1. The lowest BCUT2D eigenvalue weighted by Gasteiger charge is -2.24. The number of rotatable bonds is 5. The average Bonchev–Trinajstić information content (AvgIpc) is 2.27. The van der Waals surface area contributed by atoms with Gasteiger partial charge >= 0.3 is 0 Å². The largest absolute Gasteiger partial charge is 0.481 e. The van der Waals surface area contributed by atoms with E-state index in [1.807, 2.05) is 13.8 Å². The van der Waals surface area contributed by atoms with E-state index in [-0.39, 0.29) is 5.92 Å². The summed E-state index contributed by atoms with van der Waals surface area (Å²) < 4.78 is 4.96. The lowest BCUT2D eigenvalue weighted by atomic mass is 9.93. The van der Waals surface area contributed by atoms with E-state index in [4.69, 9.17) is 4.74 Å². The highest BCUT2D eigenvalue weighted by Gasteiger charge is 2.31. The summed E-state index contributed by atoms with van der Waals surface area (Å²) in [5.41, 5.74) is -0.833. The number of nitrogens with zero attached hydrogens (tertiary/aromatic N) is 1. The molecule has 5 heteroatoms. The number of aliphatic hydroxyl groups is 1. The Morgan fingerprint density at radius 2 is 2.28 bits per heavy atom. The SMILES string of the molecule is COc1cc(NC(=O)C(C)(O)CC(C)C)ccn1. The van der Waals surface area contributed by atoms with Crippen LogP contribution in [0.3, 0.4) is 0 Å². The fraction of sp³-hybridized carbons (Fsp3) is 0.538. The van der Waals surface area contributed by atoms with E-state index in [1.54, 1.807) is 12.1 Å². The topological polar surface area (TPSA) is 71.5 Å². The van der Waals surface area contributed by atoms with E-state index in [2.05, 4.69) is 10.3 Å². The van der Waals surface area contributed by atoms with E-state index in [1.165, 1.54) is 20.2 Å². The predicted octanol–water partition coefficient (Wildman–Crippen LogP) is 1.83. The number of carbonyl (C=O) groups excluding carboxylic acids is 1. The molecule has 0 fully saturated rings. The van der Waals surface area contributed by atoms with Gasteiger partial charge < -0.3 is 15.2 Å². The first-order valence-electron chi connectivity index (χ1n) is 5.89. The summed E-state index contributed by atoms with van der Waals surface area (Å²) in [5, 5.41) is 12.7. The van der Waals surface area contributed by atoms with Crippen LogP contribution in [-0.4, -0.2) is 28.7 Å². The van der Waals surface area contributed by atoms with Crippen LogP contribution < -0.4 is 10.1 Å². The molecule has 100 valence electrons. The molecule has 0 saturated heterocycles. The Kier molecular flexibility index (Phi) is 4.67. The molecule has 1 rings (SSSR count). The van der Waals surface area contributed by atoms with E-state index >= 15 is 0 Å².